The maximum absolute atomic E-state index is 10.7. The van der Waals surface area contributed by atoms with E-state index in [-0.39, 0.29) is 0 Å². The van der Waals surface area contributed by atoms with Crippen molar-refractivity contribution in [1.29, 1.82) is 0 Å². The molecule has 0 aliphatic rings. The molecule has 66 valence electrons. The summed E-state index contributed by atoms with van der Waals surface area (Å²) in [6.07, 6.45) is 4.68. The second-order valence-electron chi connectivity index (χ2n) is 2.65. The molecule has 0 bridgehead atoms. The summed E-state index contributed by atoms with van der Waals surface area (Å²) in [6.45, 7) is 1.96. The van der Waals surface area contributed by atoms with Gasteiger partial charge in [-0.25, -0.2) is 4.98 Å². The Morgan fingerprint density at radius 2 is 2.58 bits per heavy atom. The molecule has 1 atom stereocenters. The molecule has 1 heterocycles. The van der Waals surface area contributed by atoms with Crippen molar-refractivity contribution in [2.24, 2.45) is 0 Å². The van der Waals surface area contributed by atoms with Crippen LogP contribution in [0.5, 0.6) is 0 Å². The van der Waals surface area contributed by atoms with Gasteiger partial charge in [-0.15, -0.1) is 0 Å². The van der Waals surface area contributed by atoms with Crippen LogP contribution in [-0.2, 0) is 4.79 Å². The second kappa shape index (κ2) is 3.90. The van der Waals surface area contributed by atoms with Gasteiger partial charge in [0.15, 0.2) is 0 Å². The maximum Gasteiger partial charge on any atom is 0.314 e. The van der Waals surface area contributed by atoms with Crippen LogP contribution >= 0.6 is 0 Å². The van der Waals surface area contributed by atoms with Gasteiger partial charge < -0.3 is 10.1 Å². The lowest BCUT2D eigenvalue weighted by Crippen LogP contribution is -2.12. The van der Waals surface area contributed by atoms with Crippen molar-refractivity contribution in [1.82, 2.24) is 9.97 Å². The number of nitrogens with one attached hydrogen (secondary N) is 1. The predicted molar refractivity (Wildman–Crippen MR) is 43.9 cm³/mol. The van der Waals surface area contributed by atoms with Crippen molar-refractivity contribution < 1.29 is 9.90 Å². The predicted octanol–water partition coefficient (Wildman–Crippen LogP) is 1.38. The summed E-state index contributed by atoms with van der Waals surface area (Å²) < 4.78 is 0. The zero-order valence-electron chi connectivity index (χ0n) is 6.95. The number of carbonyl (C=O) groups is 1. The average Bonchev–Trinajstić information content (AvgIpc) is 2.51. The smallest absolute Gasteiger partial charge is 0.314 e. The quantitative estimate of drug-likeness (QED) is 0.713. The van der Waals surface area contributed by atoms with Crippen molar-refractivity contribution in [3.63, 3.8) is 0 Å². The number of imidazole rings is 1. The first-order valence-corrected chi connectivity index (χ1v) is 3.97. The van der Waals surface area contributed by atoms with E-state index in [9.17, 15) is 4.79 Å². The number of aromatic amines is 1. The molecule has 12 heavy (non-hydrogen) atoms. The number of hydrogen-bond donors (Lipinski definition) is 2. The molecule has 1 aromatic rings. The van der Waals surface area contributed by atoms with Crippen LogP contribution in [0.3, 0.4) is 0 Å². The molecule has 1 unspecified atom stereocenters. The molecule has 0 aliphatic carbocycles. The third-order valence-corrected chi connectivity index (χ3v) is 1.72. The van der Waals surface area contributed by atoms with E-state index in [0.29, 0.717) is 12.2 Å². The lowest BCUT2D eigenvalue weighted by Gasteiger charge is -2.06. The fourth-order valence-corrected chi connectivity index (χ4v) is 1.13. The first-order chi connectivity index (χ1) is 5.75. The van der Waals surface area contributed by atoms with Crippen LogP contribution in [0, 0.1) is 0 Å². The van der Waals surface area contributed by atoms with Crippen LogP contribution in [0.25, 0.3) is 0 Å². The molecule has 0 saturated heterocycles. The fraction of sp³-hybridized carbons (Fsp3) is 0.500. The molecule has 4 nitrogen and oxygen atoms in total. The second-order valence-corrected chi connectivity index (χ2v) is 2.65. The van der Waals surface area contributed by atoms with Crippen LogP contribution in [0.15, 0.2) is 12.4 Å². The molecule has 2 N–H and O–H groups in total. The molecular weight excluding hydrogens is 156 g/mol. The fourth-order valence-electron chi connectivity index (χ4n) is 1.13. The summed E-state index contributed by atoms with van der Waals surface area (Å²) in [5, 5.41) is 8.82. The summed E-state index contributed by atoms with van der Waals surface area (Å²) in [5.74, 6) is -0.749. The van der Waals surface area contributed by atoms with Gasteiger partial charge in [0.05, 0.1) is 0 Å². The van der Waals surface area contributed by atoms with Gasteiger partial charge in [0.25, 0.3) is 0 Å². The van der Waals surface area contributed by atoms with Gasteiger partial charge in [-0.2, -0.15) is 0 Å². The van der Waals surface area contributed by atoms with E-state index in [4.69, 9.17) is 5.11 Å². The number of carboxylic acid groups (broad SMARTS) is 1. The molecule has 1 aromatic heterocycles. The summed E-state index contributed by atoms with van der Waals surface area (Å²) in [6, 6.07) is 0. The lowest BCUT2D eigenvalue weighted by atomic mass is 10.0. The Labute approximate surface area is 70.6 Å². The summed E-state index contributed by atoms with van der Waals surface area (Å²) in [4.78, 5) is 17.5. The minimum absolute atomic E-state index is 0.481. The molecule has 0 radical (unpaired) electrons. The van der Waals surface area contributed by atoms with Crippen LogP contribution in [0.1, 0.15) is 31.5 Å². The first-order valence-electron chi connectivity index (χ1n) is 3.97. The molecule has 0 aromatic carbocycles. The van der Waals surface area contributed by atoms with Crippen LogP contribution < -0.4 is 0 Å². The molecule has 0 fully saturated rings. The topological polar surface area (TPSA) is 66.0 Å². The number of rotatable bonds is 4. The van der Waals surface area contributed by atoms with Crippen molar-refractivity contribution in [3.8, 4) is 0 Å². The lowest BCUT2D eigenvalue weighted by molar-refractivity contribution is -0.139. The van der Waals surface area contributed by atoms with E-state index in [2.05, 4.69) is 9.97 Å². The Morgan fingerprint density at radius 3 is 3.00 bits per heavy atom. The standard InChI is InChI=1S/C8H12N2O2/c1-2-3-6(8(11)12)7-9-4-5-10-7/h4-6H,2-3H2,1H3,(H,9,10)(H,11,12). The van der Waals surface area contributed by atoms with Gasteiger partial charge in [-0.3, -0.25) is 4.79 Å². The Morgan fingerprint density at radius 1 is 1.83 bits per heavy atom. The SMILES string of the molecule is CCCC(C(=O)O)c1ncc[nH]1. The van der Waals surface area contributed by atoms with Crippen LogP contribution in [0.4, 0.5) is 0 Å². The van der Waals surface area contributed by atoms with Crippen LogP contribution in [-0.4, -0.2) is 21.0 Å². The van der Waals surface area contributed by atoms with Gasteiger partial charge >= 0.3 is 5.97 Å². The zero-order chi connectivity index (χ0) is 8.97. The summed E-state index contributed by atoms with van der Waals surface area (Å²) >= 11 is 0. The van der Waals surface area contributed by atoms with Crippen LogP contribution in [0.2, 0.25) is 0 Å². The Hall–Kier alpha value is -1.32. The van der Waals surface area contributed by atoms with Gasteiger partial charge in [-0.05, 0) is 6.42 Å². The molecule has 0 saturated carbocycles. The minimum Gasteiger partial charge on any atom is -0.481 e. The molecule has 0 amide bonds. The summed E-state index contributed by atoms with van der Waals surface area (Å²) in [7, 11) is 0. The number of H-pyrrole nitrogens is 1. The van der Waals surface area contributed by atoms with Crippen molar-refractivity contribution in [2.75, 3.05) is 0 Å². The van der Waals surface area contributed by atoms with Gasteiger partial charge in [0.1, 0.15) is 11.7 Å². The van der Waals surface area contributed by atoms with Gasteiger partial charge in [0.2, 0.25) is 0 Å². The zero-order valence-corrected chi connectivity index (χ0v) is 6.95. The number of aliphatic carboxylic acids is 1. The van der Waals surface area contributed by atoms with E-state index < -0.39 is 11.9 Å². The van der Waals surface area contributed by atoms with Gasteiger partial charge in [0, 0.05) is 12.4 Å². The molecule has 1 rings (SSSR count). The Kier molecular flexibility index (Phi) is 2.85. The third-order valence-electron chi connectivity index (χ3n) is 1.72. The molecule has 0 aliphatic heterocycles. The largest absolute Gasteiger partial charge is 0.481 e. The van der Waals surface area contributed by atoms with E-state index in [1.54, 1.807) is 12.4 Å². The molecule has 4 heteroatoms. The highest BCUT2D eigenvalue weighted by atomic mass is 16.4. The van der Waals surface area contributed by atoms with E-state index >= 15 is 0 Å². The maximum atomic E-state index is 10.7. The summed E-state index contributed by atoms with van der Waals surface area (Å²) in [5.41, 5.74) is 0. The number of nitrogens with zero attached hydrogens (tertiary/aromatic N) is 1. The third kappa shape index (κ3) is 1.84. The van der Waals surface area contributed by atoms with E-state index in [1.807, 2.05) is 6.92 Å². The number of aromatic nitrogens is 2. The Balaban J connectivity index is 2.73. The van der Waals surface area contributed by atoms with Crippen molar-refractivity contribution in [2.45, 2.75) is 25.7 Å². The van der Waals surface area contributed by atoms with Gasteiger partial charge in [-0.1, -0.05) is 13.3 Å². The van der Waals surface area contributed by atoms with E-state index in [0.717, 1.165) is 6.42 Å². The first kappa shape index (κ1) is 8.77. The molecule has 0 spiro atoms. The highest BCUT2D eigenvalue weighted by Crippen LogP contribution is 2.17. The average molecular weight is 168 g/mol. The number of carboxylic acids is 1. The highest BCUT2D eigenvalue weighted by Gasteiger charge is 2.20. The molecular formula is C8H12N2O2. The van der Waals surface area contributed by atoms with Crippen molar-refractivity contribution in [3.05, 3.63) is 18.2 Å². The number of hydrogen-bond acceptors (Lipinski definition) is 2. The monoisotopic (exact) mass is 168 g/mol. The van der Waals surface area contributed by atoms with E-state index in [1.165, 1.54) is 0 Å². The minimum atomic E-state index is -0.813. The normalized spacial score (nSPS) is 12.8. The van der Waals surface area contributed by atoms with Crippen molar-refractivity contribution >= 4 is 5.97 Å². The Bertz CT molecular complexity index is 244. The highest BCUT2D eigenvalue weighted by molar-refractivity contribution is 5.74.